The van der Waals surface area contributed by atoms with E-state index in [2.05, 4.69) is 20.8 Å². The Labute approximate surface area is 154 Å². The molecule has 7 nitrogen and oxygen atoms in total. The molecule has 8 heteroatoms. The Bertz CT molecular complexity index is 920. The molecule has 26 heavy (non-hydrogen) atoms. The van der Waals surface area contributed by atoms with Gasteiger partial charge in [0.25, 0.3) is 0 Å². The number of thioether (sulfide) groups is 1. The van der Waals surface area contributed by atoms with Crippen molar-refractivity contribution in [2.75, 3.05) is 11.1 Å². The first-order valence-electron chi connectivity index (χ1n) is 7.92. The van der Waals surface area contributed by atoms with E-state index in [1.165, 1.54) is 18.7 Å². The summed E-state index contributed by atoms with van der Waals surface area (Å²) in [6.07, 6.45) is 0. The van der Waals surface area contributed by atoms with Gasteiger partial charge in [0.2, 0.25) is 11.1 Å². The lowest BCUT2D eigenvalue weighted by Crippen LogP contribution is -2.07. The number of benzene rings is 2. The summed E-state index contributed by atoms with van der Waals surface area (Å²) < 4.78 is 1.61. The van der Waals surface area contributed by atoms with E-state index in [-0.39, 0.29) is 17.4 Å². The van der Waals surface area contributed by atoms with Crippen LogP contribution in [0, 0.1) is 6.92 Å². The third kappa shape index (κ3) is 4.34. The molecule has 132 valence electrons. The van der Waals surface area contributed by atoms with Gasteiger partial charge in [-0.1, -0.05) is 29.5 Å². The molecule has 2 aromatic carbocycles. The van der Waals surface area contributed by atoms with Gasteiger partial charge in [-0.25, -0.2) is 0 Å². The van der Waals surface area contributed by atoms with E-state index < -0.39 is 0 Å². The molecule has 3 rings (SSSR count). The SMILES string of the molecule is CC(=O)Nc1ccc(C(=O)CSc2nnnn2-c2ccc(C)cc2)cc1. The quantitative estimate of drug-likeness (QED) is 0.532. The molecule has 0 saturated heterocycles. The number of nitrogens with zero attached hydrogens (tertiary/aromatic N) is 4. The summed E-state index contributed by atoms with van der Waals surface area (Å²) in [6, 6.07) is 14.6. The third-order valence-corrected chi connectivity index (χ3v) is 4.50. The monoisotopic (exact) mass is 367 g/mol. The molecule has 0 atom stereocenters. The number of nitrogens with one attached hydrogen (secondary N) is 1. The summed E-state index contributed by atoms with van der Waals surface area (Å²) in [6.45, 7) is 3.45. The predicted molar refractivity (Wildman–Crippen MR) is 99.7 cm³/mol. The van der Waals surface area contributed by atoms with Crippen molar-refractivity contribution in [2.24, 2.45) is 0 Å². The third-order valence-electron chi connectivity index (χ3n) is 3.58. The maximum absolute atomic E-state index is 12.4. The average Bonchev–Trinajstić information content (AvgIpc) is 3.09. The van der Waals surface area contributed by atoms with Crippen LogP contribution in [0.1, 0.15) is 22.8 Å². The van der Waals surface area contributed by atoms with E-state index in [0.717, 1.165) is 11.3 Å². The van der Waals surface area contributed by atoms with Gasteiger partial charge in [-0.2, -0.15) is 4.68 Å². The number of carbonyl (C=O) groups excluding carboxylic acids is 2. The highest BCUT2D eigenvalue weighted by atomic mass is 32.2. The zero-order valence-corrected chi connectivity index (χ0v) is 15.2. The first-order valence-corrected chi connectivity index (χ1v) is 8.90. The fourth-order valence-electron chi connectivity index (χ4n) is 2.27. The molecular weight excluding hydrogens is 350 g/mol. The molecule has 1 N–H and O–H groups in total. The molecule has 0 aliphatic rings. The summed E-state index contributed by atoms with van der Waals surface area (Å²) in [4.78, 5) is 23.4. The number of carbonyl (C=O) groups is 2. The zero-order chi connectivity index (χ0) is 18.5. The Morgan fingerprint density at radius 1 is 1.08 bits per heavy atom. The highest BCUT2D eigenvalue weighted by Gasteiger charge is 2.13. The van der Waals surface area contributed by atoms with Crippen LogP contribution in [-0.4, -0.2) is 37.7 Å². The number of hydrogen-bond donors (Lipinski definition) is 1. The summed E-state index contributed by atoms with van der Waals surface area (Å²) in [5.41, 5.74) is 3.22. The average molecular weight is 367 g/mol. The number of aromatic nitrogens is 4. The highest BCUT2D eigenvalue weighted by Crippen LogP contribution is 2.20. The van der Waals surface area contributed by atoms with Gasteiger partial charge >= 0.3 is 0 Å². The lowest BCUT2D eigenvalue weighted by molar-refractivity contribution is -0.114. The van der Waals surface area contributed by atoms with Crippen molar-refractivity contribution < 1.29 is 9.59 Å². The molecule has 0 unspecified atom stereocenters. The van der Waals surface area contributed by atoms with Gasteiger partial charge in [-0.3, -0.25) is 9.59 Å². The number of ketones is 1. The molecule has 0 saturated carbocycles. The lowest BCUT2D eigenvalue weighted by atomic mass is 10.1. The van der Waals surface area contributed by atoms with Gasteiger partial charge in [0, 0.05) is 18.2 Å². The van der Waals surface area contributed by atoms with Gasteiger partial charge in [0.15, 0.2) is 5.78 Å². The maximum Gasteiger partial charge on any atom is 0.221 e. The number of tetrazole rings is 1. The minimum Gasteiger partial charge on any atom is -0.326 e. The Morgan fingerprint density at radius 2 is 1.77 bits per heavy atom. The van der Waals surface area contributed by atoms with Crippen LogP contribution in [0.3, 0.4) is 0 Å². The summed E-state index contributed by atoms with van der Waals surface area (Å²) >= 11 is 1.28. The summed E-state index contributed by atoms with van der Waals surface area (Å²) in [7, 11) is 0. The van der Waals surface area contributed by atoms with Crippen LogP contribution in [0.4, 0.5) is 5.69 Å². The lowest BCUT2D eigenvalue weighted by Gasteiger charge is -2.05. The number of rotatable bonds is 6. The van der Waals surface area contributed by atoms with E-state index >= 15 is 0 Å². The first kappa shape index (κ1) is 17.8. The molecular formula is C18H17N5O2S. The Balaban J connectivity index is 1.66. The largest absolute Gasteiger partial charge is 0.326 e. The van der Waals surface area contributed by atoms with Crippen molar-refractivity contribution in [1.29, 1.82) is 0 Å². The molecule has 3 aromatic rings. The summed E-state index contributed by atoms with van der Waals surface area (Å²) in [5, 5.41) is 14.9. The Kier molecular flexibility index (Phi) is 5.43. The van der Waals surface area contributed by atoms with Gasteiger partial charge in [-0.15, -0.1) is 5.10 Å². The number of anilines is 1. The van der Waals surface area contributed by atoms with Crippen LogP contribution in [0.25, 0.3) is 5.69 Å². The van der Waals surface area contributed by atoms with Crippen LogP contribution in [0.2, 0.25) is 0 Å². The Hall–Kier alpha value is -3.00. The molecule has 1 heterocycles. The zero-order valence-electron chi connectivity index (χ0n) is 14.3. The predicted octanol–water partition coefficient (Wildman–Crippen LogP) is 2.90. The van der Waals surface area contributed by atoms with Gasteiger partial charge in [0.1, 0.15) is 0 Å². The molecule has 0 spiro atoms. The van der Waals surface area contributed by atoms with Crippen LogP contribution in [0.15, 0.2) is 53.7 Å². The smallest absolute Gasteiger partial charge is 0.221 e. The van der Waals surface area contributed by atoms with Gasteiger partial charge < -0.3 is 5.32 Å². The molecule has 0 aliphatic carbocycles. The number of hydrogen-bond acceptors (Lipinski definition) is 6. The fraction of sp³-hybridized carbons (Fsp3) is 0.167. The van der Waals surface area contributed by atoms with Crippen molar-refractivity contribution in [3.05, 3.63) is 59.7 Å². The second kappa shape index (κ2) is 7.92. The topological polar surface area (TPSA) is 89.8 Å². The molecule has 1 amide bonds. The second-order valence-corrected chi connectivity index (χ2v) is 6.62. The number of Topliss-reactive ketones (excluding diaryl/α,β-unsaturated/α-hetero) is 1. The van der Waals surface area contributed by atoms with Crippen molar-refractivity contribution in [1.82, 2.24) is 20.2 Å². The molecule has 0 aliphatic heterocycles. The van der Waals surface area contributed by atoms with Gasteiger partial charge in [-0.05, 0) is 53.7 Å². The molecule has 0 fully saturated rings. The van der Waals surface area contributed by atoms with Gasteiger partial charge in [0.05, 0.1) is 11.4 Å². The maximum atomic E-state index is 12.4. The minimum absolute atomic E-state index is 0.0390. The van der Waals surface area contributed by atoms with Crippen molar-refractivity contribution in [3.63, 3.8) is 0 Å². The normalized spacial score (nSPS) is 10.5. The number of amides is 1. The van der Waals surface area contributed by atoms with Crippen molar-refractivity contribution >= 4 is 29.1 Å². The van der Waals surface area contributed by atoms with E-state index in [1.54, 1.807) is 28.9 Å². The minimum atomic E-state index is -0.150. The first-order chi connectivity index (χ1) is 12.5. The van der Waals surface area contributed by atoms with Crippen LogP contribution < -0.4 is 5.32 Å². The molecule has 0 radical (unpaired) electrons. The number of aryl methyl sites for hydroxylation is 1. The standard InChI is InChI=1S/C18H17N5O2S/c1-12-3-9-16(10-4-12)23-18(20-21-22-23)26-11-17(25)14-5-7-15(8-6-14)19-13(2)24/h3-10H,11H2,1-2H3,(H,19,24). The van der Waals surface area contributed by atoms with Crippen LogP contribution >= 0.6 is 11.8 Å². The van der Waals surface area contributed by atoms with Crippen molar-refractivity contribution in [3.8, 4) is 5.69 Å². The fourth-order valence-corrected chi connectivity index (χ4v) is 3.06. The Morgan fingerprint density at radius 3 is 2.42 bits per heavy atom. The van der Waals surface area contributed by atoms with Crippen LogP contribution in [-0.2, 0) is 4.79 Å². The van der Waals surface area contributed by atoms with Crippen molar-refractivity contribution in [2.45, 2.75) is 19.0 Å². The van der Waals surface area contributed by atoms with E-state index in [4.69, 9.17) is 0 Å². The van der Waals surface area contributed by atoms with E-state index in [1.807, 2.05) is 31.2 Å². The van der Waals surface area contributed by atoms with E-state index in [9.17, 15) is 9.59 Å². The van der Waals surface area contributed by atoms with Crippen LogP contribution in [0.5, 0.6) is 0 Å². The molecule has 0 bridgehead atoms. The van der Waals surface area contributed by atoms with E-state index in [0.29, 0.717) is 16.4 Å². The molecule has 1 aromatic heterocycles. The second-order valence-electron chi connectivity index (χ2n) is 5.68. The summed E-state index contributed by atoms with van der Waals surface area (Å²) in [5.74, 6) is 0.0246. The highest BCUT2D eigenvalue weighted by molar-refractivity contribution is 7.99.